The minimum absolute atomic E-state index is 0.337. The van der Waals surface area contributed by atoms with E-state index in [0.717, 1.165) is 37.5 Å². The lowest BCUT2D eigenvalue weighted by Gasteiger charge is -2.36. The van der Waals surface area contributed by atoms with E-state index in [4.69, 9.17) is 10.5 Å². The smallest absolute Gasteiger partial charge is 0.120 e. The van der Waals surface area contributed by atoms with Gasteiger partial charge in [0.1, 0.15) is 11.5 Å². The van der Waals surface area contributed by atoms with E-state index in [1.165, 1.54) is 6.42 Å². The van der Waals surface area contributed by atoms with Gasteiger partial charge in [0.2, 0.25) is 0 Å². The van der Waals surface area contributed by atoms with Gasteiger partial charge in [-0.05, 0) is 49.5 Å². The minimum Gasteiger partial charge on any atom is -0.508 e. The van der Waals surface area contributed by atoms with E-state index in [-0.39, 0.29) is 0 Å². The summed E-state index contributed by atoms with van der Waals surface area (Å²) >= 11 is 0. The highest BCUT2D eigenvalue weighted by Crippen LogP contribution is 2.28. The fraction of sp³-hybridized carbons (Fsp3) is 0.600. The quantitative estimate of drug-likeness (QED) is 0.871. The Morgan fingerprint density at radius 3 is 2.95 bits per heavy atom. The second-order valence-corrected chi connectivity index (χ2v) is 5.49. The molecule has 1 saturated heterocycles. The van der Waals surface area contributed by atoms with Crippen molar-refractivity contribution in [3.05, 3.63) is 23.8 Å². The molecular weight excluding hydrogens is 240 g/mol. The number of nitrogens with two attached hydrogens (primary N) is 1. The number of benzene rings is 1. The number of phenols is 1. The molecule has 2 rings (SSSR count). The first kappa shape index (κ1) is 14.2. The van der Waals surface area contributed by atoms with Crippen molar-refractivity contribution < 1.29 is 9.84 Å². The average Bonchev–Trinajstić information content (AvgIpc) is 2.43. The van der Waals surface area contributed by atoms with Crippen molar-refractivity contribution in [1.29, 1.82) is 0 Å². The van der Waals surface area contributed by atoms with Gasteiger partial charge >= 0.3 is 0 Å². The standard InChI is InChI=1S/C15H24N2O2/c1-11-5-6-17(10-13(11)8-16)9-12-7-14(19-2)3-4-15(12)18/h3-4,7,11,13,18H,5-6,8-10,16H2,1-2H3. The molecule has 1 aromatic rings. The number of aromatic hydroxyl groups is 1. The van der Waals surface area contributed by atoms with Crippen LogP contribution in [0.4, 0.5) is 0 Å². The summed E-state index contributed by atoms with van der Waals surface area (Å²) in [7, 11) is 1.64. The van der Waals surface area contributed by atoms with E-state index in [1.807, 2.05) is 6.07 Å². The summed E-state index contributed by atoms with van der Waals surface area (Å²) in [4.78, 5) is 2.37. The lowest BCUT2D eigenvalue weighted by atomic mass is 9.87. The number of rotatable bonds is 4. The van der Waals surface area contributed by atoms with Gasteiger partial charge < -0.3 is 15.6 Å². The third kappa shape index (κ3) is 3.39. The van der Waals surface area contributed by atoms with Crippen LogP contribution in [0.2, 0.25) is 0 Å². The molecule has 4 nitrogen and oxygen atoms in total. The van der Waals surface area contributed by atoms with Gasteiger partial charge in [0.15, 0.2) is 0 Å². The van der Waals surface area contributed by atoms with E-state index in [2.05, 4.69) is 11.8 Å². The molecule has 1 aliphatic heterocycles. The van der Waals surface area contributed by atoms with Gasteiger partial charge in [-0.3, -0.25) is 4.90 Å². The summed E-state index contributed by atoms with van der Waals surface area (Å²) in [6, 6.07) is 5.38. The number of phenolic OH excluding ortho intramolecular Hbond substituents is 1. The number of nitrogens with zero attached hydrogens (tertiary/aromatic N) is 1. The number of methoxy groups -OCH3 is 1. The Morgan fingerprint density at radius 2 is 2.26 bits per heavy atom. The summed E-state index contributed by atoms with van der Waals surface area (Å²) in [5, 5.41) is 9.93. The maximum absolute atomic E-state index is 9.93. The fourth-order valence-electron chi connectivity index (χ4n) is 2.73. The maximum atomic E-state index is 9.93. The normalized spacial score (nSPS) is 24.4. The predicted molar refractivity (Wildman–Crippen MR) is 76.3 cm³/mol. The van der Waals surface area contributed by atoms with Crippen LogP contribution in [0.15, 0.2) is 18.2 Å². The summed E-state index contributed by atoms with van der Waals surface area (Å²) in [6.45, 7) is 5.84. The number of ether oxygens (including phenoxy) is 1. The average molecular weight is 264 g/mol. The summed E-state index contributed by atoms with van der Waals surface area (Å²) in [5.41, 5.74) is 6.75. The zero-order chi connectivity index (χ0) is 13.8. The van der Waals surface area contributed by atoms with Crippen LogP contribution in [0.3, 0.4) is 0 Å². The Labute approximate surface area is 115 Å². The van der Waals surface area contributed by atoms with E-state index in [9.17, 15) is 5.11 Å². The van der Waals surface area contributed by atoms with Crippen molar-refractivity contribution in [2.75, 3.05) is 26.7 Å². The van der Waals surface area contributed by atoms with Crippen LogP contribution >= 0.6 is 0 Å². The molecule has 0 amide bonds. The first-order chi connectivity index (χ1) is 9.13. The third-order valence-electron chi connectivity index (χ3n) is 4.18. The van der Waals surface area contributed by atoms with Crippen LogP contribution in [0.25, 0.3) is 0 Å². The molecule has 0 saturated carbocycles. The third-order valence-corrected chi connectivity index (χ3v) is 4.18. The fourth-order valence-corrected chi connectivity index (χ4v) is 2.73. The number of hydrogen-bond donors (Lipinski definition) is 2. The van der Waals surface area contributed by atoms with Gasteiger partial charge in [0.05, 0.1) is 7.11 Å². The van der Waals surface area contributed by atoms with E-state index in [1.54, 1.807) is 19.2 Å². The molecule has 1 aliphatic rings. The van der Waals surface area contributed by atoms with Crippen LogP contribution in [-0.4, -0.2) is 36.8 Å². The Bertz CT molecular complexity index is 423. The van der Waals surface area contributed by atoms with E-state index < -0.39 is 0 Å². The molecule has 0 spiro atoms. The molecule has 19 heavy (non-hydrogen) atoms. The van der Waals surface area contributed by atoms with Crippen LogP contribution in [-0.2, 0) is 6.54 Å². The Morgan fingerprint density at radius 1 is 1.47 bits per heavy atom. The second kappa shape index (κ2) is 6.26. The van der Waals surface area contributed by atoms with Crippen LogP contribution in [0.5, 0.6) is 11.5 Å². The molecule has 2 atom stereocenters. The number of hydrogen-bond acceptors (Lipinski definition) is 4. The van der Waals surface area contributed by atoms with Gasteiger partial charge in [0.25, 0.3) is 0 Å². The van der Waals surface area contributed by atoms with Gasteiger partial charge in [-0.1, -0.05) is 6.92 Å². The molecule has 1 aromatic carbocycles. The predicted octanol–water partition coefficient (Wildman–Crippen LogP) is 1.82. The zero-order valence-electron chi connectivity index (χ0n) is 11.8. The molecule has 0 radical (unpaired) electrons. The molecule has 106 valence electrons. The van der Waals surface area contributed by atoms with Crippen molar-refractivity contribution in [2.24, 2.45) is 17.6 Å². The molecule has 0 aliphatic carbocycles. The minimum atomic E-state index is 0.337. The second-order valence-electron chi connectivity index (χ2n) is 5.49. The maximum Gasteiger partial charge on any atom is 0.120 e. The summed E-state index contributed by atoms with van der Waals surface area (Å²) in [5.74, 6) is 2.37. The van der Waals surface area contributed by atoms with Gasteiger partial charge in [0, 0.05) is 18.7 Å². The molecule has 0 bridgehead atoms. The van der Waals surface area contributed by atoms with Crippen LogP contribution in [0, 0.1) is 11.8 Å². The van der Waals surface area contributed by atoms with Crippen molar-refractivity contribution >= 4 is 0 Å². The monoisotopic (exact) mass is 264 g/mol. The van der Waals surface area contributed by atoms with Gasteiger partial charge in [-0.25, -0.2) is 0 Å². The Hall–Kier alpha value is -1.26. The van der Waals surface area contributed by atoms with Crippen LogP contribution in [0.1, 0.15) is 18.9 Å². The first-order valence-electron chi connectivity index (χ1n) is 6.92. The first-order valence-corrected chi connectivity index (χ1v) is 6.92. The highest BCUT2D eigenvalue weighted by atomic mass is 16.5. The number of piperidine rings is 1. The van der Waals surface area contributed by atoms with Gasteiger partial charge in [-0.2, -0.15) is 0 Å². The molecule has 3 N–H and O–H groups in total. The molecule has 0 aromatic heterocycles. The summed E-state index contributed by atoms with van der Waals surface area (Å²) < 4.78 is 5.21. The SMILES string of the molecule is COc1ccc(O)c(CN2CCC(C)C(CN)C2)c1. The largest absolute Gasteiger partial charge is 0.508 e. The zero-order valence-corrected chi connectivity index (χ0v) is 11.8. The Balaban J connectivity index is 2.04. The Kier molecular flexibility index (Phi) is 4.66. The van der Waals surface area contributed by atoms with Crippen molar-refractivity contribution in [3.8, 4) is 11.5 Å². The molecular formula is C15H24N2O2. The van der Waals surface area contributed by atoms with Crippen molar-refractivity contribution in [3.63, 3.8) is 0 Å². The van der Waals surface area contributed by atoms with Crippen LogP contribution < -0.4 is 10.5 Å². The van der Waals surface area contributed by atoms with Crippen molar-refractivity contribution in [2.45, 2.75) is 19.9 Å². The lowest BCUT2D eigenvalue weighted by molar-refractivity contribution is 0.125. The number of likely N-dealkylation sites (tertiary alicyclic amines) is 1. The highest BCUT2D eigenvalue weighted by Gasteiger charge is 2.25. The molecule has 1 fully saturated rings. The molecule has 2 unspecified atom stereocenters. The van der Waals surface area contributed by atoms with Gasteiger partial charge in [-0.15, -0.1) is 0 Å². The molecule has 4 heteroatoms. The van der Waals surface area contributed by atoms with E-state index in [0.29, 0.717) is 17.6 Å². The molecule has 1 heterocycles. The highest BCUT2D eigenvalue weighted by molar-refractivity contribution is 5.39. The van der Waals surface area contributed by atoms with Crippen molar-refractivity contribution in [1.82, 2.24) is 4.90 Å². The lowest BCUT2D eigenvalue weighted by Crippen LogP contribution is -2.42. The van der Waals surface area contributed by atoms with E-state index >= 15 is 0 Å². The summed E-state index contributed by atoms with van der Waals surface area (Å²) in [6.07, 6.45) is 1.17. The topological polar surface area (TPSA) is 58.7 Å².